The summed E-state index contributed by atoms with van der Waals surface area (Å²) < 4.78 is 2.04. The van der Waals surface area contributed by atoms with E-state index in [-0.39, 0.29) is 0 Å². The second kappa shape index (κ2) is 3.07. The number of aliphatic hydroxyl groups excluding tert-OH is 1. The highest BCUT2D eigenvalue weighted by Gasteiger charge is 2.32. The van der Waals surface area contributed by atoms with Crippen LogP contribution in [0.4, 0.5) is 0 Å². The van der Waals surface area contributed by atoms with Gasteiger partial charge in [0, 0.05) is 11.6 Å². The van der Waals surface area contributed by atoms with Crippen LogP contribution in [0.15, 0.2) is 12.5 Å². The fourth-order valence-corrected chi connectivity index (χ4v) is 1.57. The first-order valence-corrected chi connectivity index (χ1v) is 4.99. The van der Waals surface area contributed by atoms with Crippen LogP contribution >= 0.6 is 0 Å². The van der Waals surface area contributed by atoms with Gasteiger partial charge >= 0.3 is 0 Å². The van der Waals surface area contributed by atoms with E-state index >= 15 is 0 Å². The molecule has 1 aromatic rings. The fraction of sp³-hybridized carbons (Fsp3) is 0.700. The monoisotopic (exact) mass is 195 g/mol. The molecule has 3 N–H and O–H groups in total. The van der Waals surface area contributed by atoms with Crippen molar-refractivity contribution in [3.8, 4) is 0 Å². The lowest BCUT2D eigenvalue weighted by molar-refractivity contribution is 0.0965. The van der Waals surface area contributed by atoms with Crippen molar-refractivity contribution in [2.24, 2.45) is 5.73 Å². The average molecular weight is 195 g/mol. The Morgan fingerprint density at radius 3 is 2.79 bits per heavy atom. The van der Waals surface area contributed by atoms with Crippen molar-refractivity contribution >= 4 is 0 Å². The molecule has 0 spiro atoms. The van der Waals surface area contributed by atoms with Crippen molar-refractivity contribution in [3.63, 3.8) is 0 Å². The highest BCUT2D eigenvalue weighted by Crippen LogP contribution is 2.38. The lowest BCUT2D eigenvalue weighted by Gasteiger charge is -2.26. The van der Waals surface area contributed by atoms with E-state index in [0.29, 0.717) is 6.04 Å². The molecule has 1 atom stereocenters. The number of hydrogen-bond acceptors (Lipinski definition) is 3. The second-order valence-electron chi connectivity index (χ2n) is 4.68. The Balaban J connectivity index is 2.26. The molecule has 0 amide bonds. The number of aliphatic hydroxyl groups is 1. The molecule has 4 heteroatoms. The normalized spacial score (nSPS) is 19.7. The quantitative estimate of drug-likeness (QED) is 0.756. The lowest BCUT2D eigenvalue weighted by Crippen LogP contribution is -2.40. The van der Waals surface area contributed by atoms with E-state index < -0.39 is 11.6 Å². The highest BCUT2D eigenvalue weighted by molar-refractivity contribution is 5.11. The van der Waals surface area contributed by atoms with Crippen molar-refractivity contribution < 1.29 is 5.11 Å². The molecule has 1 saturated carbocycles. The van der Waals surface area contributed by atoms with E-state index in [2.05, 4.69) is 4.98 Å². The summed E-state index contributed by atoms with van der Waals surface area (Å²) >= 11 is 0. The SMILES string of the molecule is CC(C)(N)C(O)c1cncn1C1CC1. The van der Waals surface area contributed by atoms with Gasteiger partial charge in [-0.1, -0.05) is 0 Å². The fourth-order valence-electron chi connectivity index (χ4n) is 1.57. The minimum absolute atomic E-state index is 0.532. The average Bonchev–Trinajstić information content (AvgIpc) is 2.81. The molecule has 0 radical (unpaired) electrons. The zero-order valence-electron chi connectivity index (χ0n) is 8.64. The van der Waals surface area contributed by atoms with Crippen molar-refractivity contribution in [2.75, 3.05) is 0 Å². The molecule has 1 aliphatic carbocycles. The van der Waals surface area contributed by atoms with E-state index in [9.17, 15) is 5.11 Å². The smallest absolute Gasteiger partial charge is 0.113 e. The highest BCUT2D eigenvalue weighted by atomic mass is 16.3. The molecule has 1 fully saturated rings. The number of aromatic nitrogens is 2. The van der Waals surface area contributed by atoms with Crippen LogP contribution in [-0.4, -0.2) is 20.2 Å². The molecule has 1 aliphatic rings. The molecular formula is C10H17N3O. The first kappa shape index (κ1) is 9.68. The second-order valence-corrected chi connectivity index (χ2v) is 4.68. The van der Waals surface area contributed by atoms with Gasteiger partial charge in [0.1, 0.15) is 6.10 Å². The number of hydrogen-bond donors (Lipinski definition) is 2. The molecule has 2 rings (SSSR count). The van der Waals surface area contributed by atoms with Crippen LogP contribution < -0.4 is 5.73 Å². The number of rotatable bonds is 3. The summed E-state index contributed by atoms with van der Waals surface area (Å²) in [5.74, 6) is 0. The van der Waals surface area contributed by atoms with Gasteiger partial charge < -0.3 is 15.4 Å². The Morgan fingerprint density at radius 1 is 1.64 bits per heavy atom. The Kier molecular flexibility index (Phi) is 2.12. The Morgan fingerprint density at radius 2 is 2.29 bits per heavy atom. The summed E-state index contributed by atoms with van der Waals surface area (Å²) in [5, 5.41) is 10.0. The third-order valence-electron chi connectivity index (χ3n) is 2.62. The Bertz CT molecular complexity index is 322. The van der Waals surface area contributed by atoms with Gasteiger partial charge in [0.25, 0.3) is 0 Å². The van der Waals surface area contributed by atoms with E-state index in [4.69, 9.17) is 5.73 Å². The van der Waals surface area contributed by atoms with Gasteiger partial charge in [-0.2, -0.15) is 0 Å². The van der Waals surface area contributed by atoms with Gasteiger partial charge in [-0.25, -0.2) is 4.98 Å². The van der Waals surface area contributed by atoms with Crippen molar-refractivity contribution in [1.29, 1.82) is 0 Å². The zero-order valence-corrected chi connectivity index (χ0v) is 8.64. The zero-order chi connectivity index (χ0) is 10.3. The van der Waals surface area contributed by atoms with Crippen molar-refractivity contribution in [3.05, 3.63) is 18.2 Å². The van der Waals surface area contributed by atoms with Gasteiger partial charge in [-0.05, 0) is 26.7 Å². The van der Waals surface area contributed by atoms with Crippen LogP contribution in [0, 0.1) is 0 Å². The summed E-state index contributed by atoms with van der Waals surface area (Å²) in [6, 6.07) is 0.532. The van der Waals surface area contributed by atoms with Gasteiger partial charge in [0.15, 0.2) is 0 Å². The van der Waals surface area contributed by atoms with E-state index in [0.717, 1.165) is 5.69 Å². The maximum atomic E-state index is 10.0. The predicted octanol–water partition coefficient (Wildman–Crippen LogP) is 0.989. The maximum Gasteiger partial charge on any atom is 0.113 e. The third-order valence-corrected chi connectivity index (χ3v) is 2.62. The molecule has 0 aromatic carbocycles. The minimum atomic E-state index is -0.648. The van der Waals surface area contributed by atoms with Crippen LogP contribution in [0.1, 0.15) is 44.5 Å². The lowest BCUT2D eigenvalue weighted by atomic mass is 9.96. The Hall–Kier alpha value is -0.870. The molecule has 1 aromatic heterocycles. The van der Waals surface area contributed by atoms with Gasteiger partial charge in [-0.3, -0.25) is 0 Å². The topological polar surface area (TPSA) is 64.1 Å². The summed E-state index contributed by atoms with van der Waals surface area (Å²) in [4.78, 5) is 4.07. The van der Waals surface area contributed by atoms with Crippen LogP contribution in [0.2, 0.25) is 0 Å². The van der Waals surface area contributed by atoms with E-state index in [1.54, 1.807) is 12.5 Å². The molecule has 1 heterocycles. The molecule has 0 aliphatic heterocycles. The Labute approximate surface area is 83.8 Å². The number of imidazole rings is 1. The van der Waals surface area contributed by atoms with Gasteiger partial charge in [-0.15, -0.1) is 0 Å². The first-order chi connectivity index (χ1) is 6.50. The van der Waals surface area contributed by atoms with Crippen LogP contribution in [-0.2, 0) is 0 Å². The summed E-state index contributed by atoms with van der Waals surface area (Å²) in [6.07, 6.45) is 5.20. The van der Waals surface area contributed by atoms with Crippen molar-refractivity contribution in [2.45, 2.75) is 44.4 Å². The first-order valence-electron chi connectivity index (χ1n) is 4.99. The summed E-state index contributed by atoms with van der Waals surface area (Å²) in [7, 11) is 0. The van der Waals surface area contributed by atoms with Crippen molar-refractivity contribution in [1.82, 2.24) is 9.55 Å². The van der Waals surface area contributed by atoms with Crippen LogP contribution in [0.3, 0.4) is 0 Å². The number of nitrogens with zero attached hydrogens (tertiary/aromatic N) is 2. The van der Waals surface area contributed by atoms with E-state index in [1.807, 2.05) is 18.4 Å². The summed E-state index contributed by atoms with van der Waals surface area (Å²) in [5.41, 5.74) is 6.08. The predicted molar refractivity (Wildman–Crippen MR) is 53.7 cm³/mol. The minimum Gasteiger partial charge on any atom is -0.385 e. The largest absolute Gasteiger partial charge is 0.385 e. The number of nitrogens with two attached hydrogens (primary N) is 1. The molecule has 78 valence electrons. The van der Waals surface area contributed by atoms with Gasteiger partial charge in [0.2, 0.25) is 0 Å². The standard InChI is InChI=1S/C10H17N3O/c1-10(2,11)9(14)8-5-12-6-13(8)7-3-4-7/h5-7,9,14H,3-4,11H2,1-2H3. The van der Waals surface area contributed by atoms with E-state index in [1.165, 1.54) is 12.8 Å². The maximum absolute atomic E-state index is 10.0. The van der Waals surface area contributed by atoms with Crippen LogP contribution in [0.25, 0.3) is 0 Å². The summed E-state index contributed by atoms with van der Waals surface area (Å²) in [6.45, 7) is 3.64. The van der Waals surface area contributed by atoms with Crippen LogP contribution in [0.5, 0.6) is 0 Å². The molecule has 0 saturated heterocycles. The molecule has 14 heavy (non-hydrogen) atoms. The molecule has 1 unspecified atom stereocenters. The third kappa shape index (κ3) is 1.67. The van der Waals surface area contributed by atoms with Gasteiger partial charge in [0.05, 0.1) is 18.2 Å². The molecule has 0 bridgehead atoms. The molecule has 4 nitrogen and oxygen atoms in total. The molecular weight excluding hydrogens is 178 g/mol.